The Morgan fingerprint density at radius 1 is 1.28 bits per heavy atom. The number of carboxylic acid groups (broad SMARTS) is 1. The number of amides is 2. The Balaban J connectivity index is 1.83. The van der Waals surface area contributed by atoms with Crippen molar-refractivity contribution < 1.29 is 39.9 Å². The van der Waals surface area contributed by atoms with Gasteiger partial charge < -0.3 is 35.6 Å². The van der Waals surface area contributed by atoms with Gasteiger partial charge in [-0.05, 0) is 6.92 Å². The topological polar surface area (TPSA) is 212 Å². The molecule has 14 heteroatoms. The lowest BCUT2D eigenvalue weighted by atomic mass is 10.1. The Labute approximate surface area is 162 Å². The second-order valence-electron chi connectivity index (χ2n) is 6.43. The molecule has 0 spiro atoms. The van der Waals surface area contributed by atoms with Gasteiger partial charge in [0.25, 0.3) is 0 Å². The maximum Gasteiger partial charge on any atom is 0.328 e. The molecule has 29 heavy (non-hydrogen) atoms. The second-order valence-corrected chi connectivity index (χ2v) is 6.43. The molecule has 158 valence electrons. The molecule has 3 unspecified atom stereocenters. The van der Waals surface area contributed by atoms with E-state index in [1.807, 2.05) is 0 Å². The van der Waals surface area contributed by atoms with Gasteiger partial charge in [-0.1, -0.05) is 0 Å². The molecule has 3 rings (SSSR count). The number of aromatic nitrogens is 4. The van der Waals surface area contributed by atoms with Crippen LogP contribution in [-0.4, -0.2) is 94.1 Å². The van der Waals surface area contributed by atoms with Gasteiger partial charge in [0.2, 0.25) is 0 Å². The van der Waals surface area contributed by atoms with Crippen molar-refractivity contribution in [1.29, 1.82) is 0 Å². The van der Waals surface area contributed by atoms with E-state index < -0.39 is 55.3 Å². The number of fused-ring (bicyclic) bond motifs is 1. The van der Waals surface area contributed by atoms with E-state index in [9.17, 15) is 30.0 Å². The Bertz CT molecular complexity index is 904. The predicted octanol–water partition coefficient (Wildman–Crippen LogP) is -2.61. The Hall–Kier alpha value is -2.91. The molecule has 7 N–H and O–H groups in total. The van der Waals surface area contributed by atoms with E-state index >= 15 is 0 Å². The van der Waals surface area contributed by atoms with Gasteiger partial charge in [-0.25, -0.2) is 24.5 Å². The molecule has 0 saturated carbocycles. The molecule has 1 aliphatic heterocycles. The van der Waals surface area contributed by atoms with Crippen LogP contribution in [-0.2, 0) is 9.53 Å². The van der Waals surface area contributed by atoms with Gasteiger partial charge in [0.05, 0.1) is 19.0 Å². The highest BCUT2D eigenvalue weighted by molar-refractivity contribution is 5.97. The minimum atomic E-state index is -1.54. The van der Waals surface area contributed by atoms with Crippen LogP contribution in [0.4, 0.5) is 10.6 Å². The fraction of sp³-hybridized carbons (Fsp3) is 0.533. The minimum Gasteiger partial charge on any atom is -0.480 e. The number of rotatable bonds is 6. The fourth-order valence-electron chi connectivity index (χ4n) is 2.91. The smallest absolute Gasteiger partial charge is 0.328 e. The van der Waals surface area contributed by atoms with Crippen LogP contribution in [0.25, 0.3) is 11.2 Å². The van der Waals surface area contributed by atoms with Gasteiger partial charge in [-0.3, -0.25) is 9.88 Å². The number of ether oxygens (including phenoxy) is 1. The van der Waals surface area contributed by atoms with E-state index in [1.54, 1.807) is 0 Å². The number of carboxylic acids is 1. The molecule has 0 aromatic carbocycles. The molecule has 2 amide bonds. The van der Waals surface area contributed by atoms with Crippen LogP contribution in [0.3, 0.4) is 0 Å². The van der Waals surface area contributed by atoms with E-state index in [1.165, 1.54) is 17.8 Å². The van der Waals surface area contributed by atoms with Crippen molar-refractivity contribution in [3.8, 4) is 0 Å². The summed E-state index contributed by atoms with van der Waals surface area (Å²) in [6.45, 7) is 0.710. The zero-order valence-corrected chi connectivity index (χ0v) is 15.1. The first-order valence-corrected chi connectivity index (χ1v) is 8.53. The highest BCUT2D eigenvalue weighted by Gasteiger charge is 2.44. The third-order valence-corrected chi connectivity index (χ3v) is 4.42. The molecule has 14 nitrogen and oxygen atoms in total. The van der Waals surface area contributed by atoms with Crippen molar-refractivity contribution in [3.63, 3.8) is 0 Å². The number of nitrogens with one attached hydrogen (secondary N) is 2. The highest BCUT2D eigenvalue weighted by Crippen LogP contribution is 2.32. The van der Waals surface area contributed by atoms with Crippen LogP contribution in [0.5, 0.6) is 0 Å². The van der Waals surface area contributed by atoms with Crippen molar-refractivity contribution >= 4 is 29.0 Å². The summed E-state index contributed by atoms with van der Waals surface area (Å²) in [6.07, 6.45) is -3.75. The molecule has 0 radical (unpaired) electrons. The number of nitrogens with zero attached hydrogens (tertiary/aromatic N) is 4. The second kappa shape index (κ2) is 8.22. The average Bonchev–Trinajstić information content (AvgIpc) is 3.21. The number of aliphatic carboxylic acids is 1. The van der Waals surface area contributed by atoms with E-state index in [0.717, 1.165) is 6.33 Å². The lowest BCUT2D eigenvalue weighted by Crippen LogP contribution is -2.49. The first-order valence-electron chi connectivity index (χ1n) is 8.53. The molecular weight excluding hydrogens is 392 g/mol. The number of aliphatic hydroxyl groups excluding tert-OH is 4. The third-order valence-electron chi connectivity index (χ3n) is 4.42. The fourth-order valence-corrected chi connectivity index (χ4v) is 2.91. The number of anilines is 1. The normalized spacial score (nSPS) is 26.2. The van der Waals surface area contributed by atoms with Crippen molar-refractivity contribution in [2.24, 2.45) is 0 Å². The van der Waals surface area contributed by atoms with Gasteiger partial charge in [-0.2, -0.15) is 0 Å². The molecule has 3 heterocycles. The van der Waals surface area contributed by atoms with Crippen LogP contribution in [0.2, 0.25) is 0 Å². The molecule has 1 saturated heterocycles. The molecule has 2 aromatic heterocycles. The van der Waals surface area contributed by atoms with Crippen molar-refractivity contribution in [2.45, 2.75) is 43.6 Å². The zero-order chi connectivity index (χ0) is 21.3. The SMILES string of the molecule is CC(O)C(NC(=O)Nc1ncnc2c1ncn2[C@@H]1O[C@H](CO)C(O)[C@@H]1O)C(=O)O. The standard InChI is InChI=1S/C15H20N6O8/c1-5(23)7(14(26)27)19-15(28)20-11-8-12(17-3-16-11)21(4-18-8)13-10(25)9(24)6(2-22)29-13/h3-7,9-10,13,22-25H,2H2,1H3,(H,26,27)(H2,16,17,19,20,28)/t5?,6-,7?,9?,10+,13-/m1/s1. The van der Waals surface area contributed by atoms with Gasteiger partial charge in [0.1, 0.15) is 24.6 Å². The van der Waals surface area contributed by atoms with E-state index in [-0.39, 0.29) is 17.0 Å². The van der Waals surface area contributed by atoms with Crippen LogP contribution < -0.4 is 10.6 Å². The van der Waals surface area contributed by atoms with Crippen molar-refractivity contribution in [3.05, 3.63) is 12.7 Å². The predicted molar refractivity (Wildman–Crippen MR) is 93.6 cm³/mol. The summed E-state index contributed by atoms with van der Waals surface area (Å²) in [6, 6.07) is -2.48. The van der Waals surface area contributed by atoms with Gasteiger partial charge >= 0.3 is 12.0 Å². The summed E-state index contributed by atoms with van der Waals surface area (Å²) in [4.78, 5) is 35.2. The van der Waals surface area contributed by atoms with Crippen LogP contribution >= 0.6 is 0 Å². The largest absolute Gasteiger partial charge is 0.480 e. The molecule has 1 fully saturated rings. The molecule has 0 bridgehead atoms. The maximum atomic E-state index is 12.1. The van der Waals surface area contributed by atoms with Gasteiger partial charge in [-0.15, -0.1) is 0 Å². The number of imidazole rings is 1. The van der Waals surface area contributed by atoms with Crippen molar-refractivity contribution in [2.75, 3.05) is 11.9 Å². The Morgan fingerprint density at radius 2 is 2.00 bits per heavy atom. The monoisotopic (exact) mass is 412 g/mol. The summed E-state index contributed by atoms with van der Waals surface area (Å²) in [5.74, 6) is -1.48. The molecule has 0 aliphatic carbocycles. The van der Waals surface area contributed by atoms with Gasteiger partial charge in [0.15, 0.2) is 29.3 Å². The minimum absolute atomic E-state index is 0.0623. The number of carbonyl (C=O) groups excluding carboxylic acids is 1. The number of hydrogen-bond donors (Lipinski definition) is 7. The summed E-state index contributed by atoms with van der Waals surface area (Å²) in [7, 11) is 0. The number of urea groups is 1. The highest BCUT2D eigenvalue weighted by atomic mass is 16.6. The summed E-state index contributed by atoms with van der Waals surface area (Å²) in [5, 5.41) is 52.2. The number of carbonyl (C=O) groups is 2. The molecule has 2 aromatic rings. The lowest BCUT2D eigenvalue weighted by molar-refractivity contribution is -0.141. The van der Waals surface area contributed by atoms with E-state index in [4.69, 9.17) is 9.84 Å². The maximum absolute atomic E-state index is 12.1. The first-order chi connectivity index (χ1) is 13.7. The average molecular weight is 412 g/mol. The molecular formula is C15H20N6O8. The molecule has 6 atom stereocenters. The number of aliphatic hydroxyl groups is 4. The summed E-state index contributed by atoms with van der Waals surface area (Å²) < 4.78 is 6.74. The van der Waals surface area contributed by atoms with Gasteiger partial charge in [0, 0.05) is 0 Å². The van der Waals surface area contributed by atoms with E-state index in [2.05, 4.69) is 25.6 Å². The van der Waals surface area contributed by atoms with Crippen molar-refractivity contribution in [1.82, 2.24) is 24.8 Å². The van der Waals surface area contributed by atoms with E-state index in [0.29, 0.717) is 0 Å². The van der Waals surface area contributed by atoms with Crippen LogP contribution in [0, 0.1) is 0 Å². The van der Waals surface area contributed by atoms with Crippen LogP contribution in [0.1, 0.15) is 13.2 Å². The van der Waals surface area contributed by atoms with Crippen LogP contribution in [0.15, 0.2) is 12.7 Å². The Morgan fingerprint density at radius 3 is 2.59 bits per heavy atom. The quantitative estimate of drug-likeness (QED) is 0.261. The summed E-state index contributed by atoms with van der Waals surface area (Å²) in [5.41, 5.74) is 0.250. The first kappa shape index (κ1) is 20.8. The third kappa shape index (κ3) is 3.96. The Kier molecular flexibility index (Phi) is 5.90. The zero-order valence-electron chi connectivity index (χ0n) is 15.1. The lowest BCUT2D eigenvalue weighted by Gasteiger charge is -2.17. The number of hydrogen-bond acceptors (Lipinski definition) is 10. The summed E-state index contributed by atoms with van der Waals surface area (Å²) >= 11 is 0. The molecule has 1 aliphatic rings.